The van der Waals surface area contributed by atoms with Gasteiger partial charge in [-0.25, -0.2) is 0 Å². The lowest BCUT2D eigenvalue weighted by atomic mass is 9.99. The lowest BCUT2D eigenvalue weighted by Crippen LogP contribution is -2.59. The average molecular weight is 358 g/mol. The molecule has 5 nitrogen and oxygen atoms in total. The summed E-state index contributed by atoms with van der Waals surface area (Å²) in [5.74, 6) is 0. The van der Waals surface area contributed by atoms with Crippen LogP contribution >= 0.6 is 0 Å². The molecule has 2 aromatic rings. The van der Waals surface area contributed by atoms with Crippen LogP contribution in [0.3, 0.4) is 0 Å². The van der Waals surface area contributed by atoms with Crippen molar-refractivity contribution in [1.82, 2.24) is 0 Å². The van der Waals surface area contributed by atoms with Gasteiger partial charge in [-0.2, -0.15) is 0 Å². The highest BCUT2D eigenvalue weighted by Crippen LogP contribution is 2.27. The summed E-state index contributed by atoms with van der Waals surface area (Å²) in [7, 11) is 1.57. The molecular weight excluding hydrogens is 332 g/mol. The summed E-state index contributed by atoms with van der Waals surface area (Å²) in [6.07, 6.45) is -2.89. The second-order valence-corrected chi connectivity index (χ2v) is 6.46. The summed E-state index contributed by atoms with van der Waals surface area (Å²) in [5.41, 5.74) is 2.08. The van der Waals surface area contributed by atoms with E-state index in [-0.39, 0.29) is 0 Å². The number of rotatable bonds is 7. The normalized spacial score (nSPS) is 28.8. The molecule has 0 aliphatic carbocycles. The molecule has 0 spiro atoms. The van der Waals surface area contributed by atoms with E-state index in [4.69, 9.17) is 18.9 Å². The summed E-state index contributed by atoms with van der Waals surface area (Å²) < 4.78 is 23.3. The minimum atomic E-state index is -0.800. The number of aliphatic hydroxyl groups excluding tert-OH is 1. The Kier molecular flexibility index (Phi) is 6.77. The Hall–Kier alpha value is -1.76. The zero-order valence-electron chi connectivity index (χ0n) is 15.2. The van der Waals surface area contributed by atoms with Gasteiger partial charge in [-0.05, 0) is 18.1 Å². The second kappa shape index (κ2) is 9.26. The third-order valence-corrected chi connectivity index (χ3v) is 4.56. The Bertz CT molecular complexity index is 604. The van der Waals surface area contributed by atoms with Crippen molar-refractivity contribution in [2.75, 3.05) is 7.11 Å². The van der Waals surface area contributed by atoms with Crippen LogP contribution in [0.5, 0.6) is 0 Å². The minimum absolute atomic E-state index is 0.386. The number of benzene rings is 2. The number of methoxy groups -OCH3 is 1. The van der Waals surface area contributed by atoms with Crippen molar-refractivity contribution in [1.29, 1.82) is 0 Å². The highest BCUT2D eigenvalue weighted by Gasteiger charge is 2.45. The number of hydrogen-bond acceptors (Lipinski definition) is 5. The third-order valence-electron chi connectivity index (χ3n) is 4.56. The van der Waals surface area contributed by atoms with Crippen LogP contribution in [-0.4, -0.2) is 42.9 Å². The Balaban J connectivity index is 1.71. The fourth-order valence-corrected chi connectivity index (χ4v) is 3.08. The molecule has 26 heavy (non-hydrogen) atoms. The van der Waals surface area contributed by atoms with Gasteiger partial charge in [0, 0.05) is 7.11 Å². The van der Waals surface area contributed by atoms with E-state index in [2.05, 4.69) is 0 Å². The van der Waals surface area contributed by atoms with Crippen molar-refractivity contribution in [3.8, 4) is 0 Å². The Labute approximate surface area is 154 Å². The topological polar surface area (TPSA) is 57.2 Å². The predicted molar refractivity (Wildman–Crippen MR) is 97.4 cm³/mol. The zero-order valence-corrected chi connectivity index (χ0v) is 15.2. The van der Waals surface area contributed by atoms with Crippen LogP contribution in [0.15, 0.2) is 60.7 Å². The van der Waals surface area contributed by atoms with E-state index in [1.54, 1.807) is 7.11 Å². The molecule has 0 aromatic heterocycles. The first kappa shape index (κ1) is 19.0. The maximum Gasteiger partial charge on any atom is 0.186 e. The van der Waals surface area contributed by atoms with Gasteiger partial charge >= 0.3 is 0 Å². The van der Waals surface area contributed by atoms with E-state index in [0.29, 0.717) is 13.2 Å². The monoisotopic (exact) mass is 358 g/mol. The molecule has 3 rings (SSSR count). The Morgan fingerprint density at radius 3 is 1.85 bits per heavy atom. The molecule has 1 saturated heterocycles. The van der Waals surface area contributed by atoms with Crippen LogP contribution in [0.4, 0.5) is 0 Å². The SMILES string of the molecule is CO[C@H]1O[C@@H](C)[C@@H](O)[C@@H](OCc2ccccc2)[C@@H]1OCc1ccccc1. The van der Waals surface area contributed by atoms with Gasteiger partial charge < -0.3 is 24.1 Å². The highest BCUT2D eigenvalue weighted by atomic mass is 16.7. The molecule has 5 atom stereocenters. The summed E-state index contributed by atoms with van der Waals surface area (Å²) in [5, 5.41) is 10.6. The fraction of sp³-hybridized carbons (Fsp3) is 0.429. The van der Waals surface area contributed by atoms with Gasteiger partial charge in [-0.1, -0.05) is 60.7 Å². The Morgan fingerprint density at radius 1 is 0.846 bits per heavy atom. The van der Waals surface area contributed by atoms with Gasteiger partial charge in [0.1, 0.15) is 18.3 Å². The average Bonchev–Trinajstić information content (AvgIpc) is 2.69. The van der Waals surface area contributed by atoms with Crippen molar-refractivity contribution in [3.05, 3.63) is 71.8 Å². The van der Waals surface area contributed by atoms with E-state index < -0.39 is 30.7 Å². The van der Waals surface area contributed by atoms with Gasteiger partial charge in [-0.3, -0.25) is 0 Å². The first-order valence-corrected chi connectivity index (χ1v) is 8.86. The summed E-state index contributed by atoms with van der Waals surface area (Å²) in [6.45, 7) is 2.58. The van der Waals surface area contributed by atoms with Gasteiger partial charge in [0.05, 0.1) is 19.3 Å². The standard InChI is InChI=1S/C21H26O5/c1-15-18(22)19(24-13-16-9-5-3-6-10-16)20(21(23-2)26-15)25-14-17-11-7-4-8-12-17/h3-12,15,18-22H,13-14H2,1-2H3/t15-,18+,19+,20-,21-/m0/s1. The van der Waals surface area contributed by atoms with Gasteiger partial charge in [0.25, 0.3) is 0 Å². The van der Waals surface area contributed by atoms with Gasteiger partial charge in [-0.15, -0.1) is 0 Å². The molecule has 1 heterocycles. The molecule has 5 heteroatoms. The molecule has 1 N–H and O–H groups in total. The van der Waals surface area contributed by atoms with Crippen LogP contribution in [0, 0.1) is 0 Å². The van der Waals surface area contributed by atoms with Crippen LogP contribution < -0.4 is 0 Å². The first-order chi connectivity index (χ1) is 12.7. The zero-order chi connectivity index (χ0) is 18.4. The number of hydrogen-bond donors (Lipinski definition) is 1. The number of aliphatic hydroxyl groups is 1. The number of ether oxygens (including phenoxy) is 4. The quantitative estimate of drug-likeness (QED) is 0.825. The van der Waals surface area contributed by atoms with Crippen LogP contribution in [0.1, 0.15) is 18.1 Å². The maximum absolute atomic E-state index is 10.6. The second-order valence-electron chi connectivity index (χ2n) is 6.46. The molecule has 1 fully saturated rings. The molecule has 1 aliphatic rings. The molecule has 0 amide bonds. The molecule has 0 radical (unpaired) electrons. The predicted octanol–water partition coefficient (Wildman–Crippen LogP) is 2.91. The van der Waals surface area contributed by atoms with E-state index in [1.165, 1.54) is 0 Å². The minimum Gasteiger partial charge on any atom is -0.388 e. The summed E-state index contributed by atoms with van der Waals surface area (Å²) in [6, 6.07) is 19.7. The smallest absolute Gasteiger partial charge is 0.186 e. The van der Waals surface area contributed by atoms with Crippen LogP contribution in [0.2, 0.25) is 0 Å². The fourth-order valence-electron chi connectivity index (χ4n) is 3.08. The Morgan fingerprint density at radius 2 is 1.35 bits per heavy atom. The van der Waals surface area contributed by atoms with E-state index in [9.17, 15) is 5.11 Å². The maximum atomic E-state index is 10.6. The molecule has 1 aliphatic heterocycles. The van der Waals surface area contributed by atoms with Crippen molar-refractivity contribution >= 4 is 0 Å². The molecule has 140 valence electrons. The van der Waals surface area contributed by atoms with Crippen molar-refractivity contribution in [2.24, 2.45) is 0 Å². The largest absolute Gasteiger partial charge is 0.388 e. The molecule has 0 unspecified atom stereocenters. The van der Waals surface area contributed by atoms with Gasteiger partial charge in [0.15, 0.2) is 6.29 Å². The summed E-state index contributed by atoms with van der Waals surface area (Å²) in [4.78, 5) is 0. The third kappa shape index (κ3) is 4.69. The lowest BCUT2D eigenvalue weighted by Gasteiger charge is -2.42. The first-order valence-electron chi connectivity index (χ1n) is 8.86. The van der Waals surface area contributed by atoms with Crippen molar-refractivity contribution in [3.63, 3.8) is 0 Å². The van der Waals surface area contributed by atoms with Crippen molar-refractivity contribution < 1.29 is 24.1 Å². The molecule has 0 bridgehead atoms. The van der Waals surface area contributed by atoms with E-state index in [0.717, 1.165) is 11.1 Å². The van der Waals surface area contributed by atoms with Crippen LogP contribution in [-0.2, 0) is 32.2 Å². The van der Waals surface area contributed by atoms with Crippen molar-refractivity contribution in [2.45, 2.75) is 50.8 Å². The van der Waals surface area contributed by atoms with Crippen LogP contribution in [0.25, 0.3) is 0 Å². The molecular formula is C21H26O5. The van der Waals surface area contributed by atoms with Gasteiger partial charge in [0.2, 0.25) is 0 Å². The lowest BCUT2D eigenvalue weighted by molar-refractivity contribution is -0.307. The molecule has 0 saturated carbocycles. The highest BCUT2D eigenvalue weighted by molar-refractivity contribution is 5.14. The van der Waals surface area contributed by atoms with E-state index in [1.807, 2.05) is 67.6 Å². The molecule has 2 aromatic carbocycles. The van der Waals surface area contributed by atoms with E-state index >= 15 is 0 Å². The summed E-state index contributed by atoms with van der Waals surface area (Å²) >= 11 is 0.